The minimum Gasteiger partial charge on any atom is -0.331 e. The fraction of sp³-hybridized carbons (Fsp3) is 0.263. The zero-order chi connectivity index (χ0) is 16.3. The molecule has 4 nitrogen and oxygen atoms in total. The van der Waals surface area contributed by atoms with Crippen LogP contribution in [0.4, 0.5) is 11.4 Å². The summed E-state index contributed by atoms with van der Waals surface area (Å²) in [6.07, 6.45) is 2.32. The van der Waals surface area contributed by atoms with Crippen molar-refractivity contribution >= 4 is 23.7 Å². The minimum atomic E-state index is -0.798. The molecule has 0 unspecified atom stereocenters. The molecule has 23 heavy (non-hydrogen) atoms. The fourth-order valence-electron chi connectivity index (χ4n) is 3.16. The van der Waals surface area contributed by atoms with E-state index >= 15 is 0 Å². The highest BCUT2D eigenvalue weighted by Gasteiger charge is 2.45. The average molecular weight is 308 g/mol. The molecule has 0 saturated carbocycles. The van der Waals surface area contributed by atoms with Crippen LogP contribution in [0.1, 0.15) is 19.8 Å². The first-order valence-electron chi connectivity index (χ1n) is 7.83. The number of anilines is 2. The van der Waals surface area contributed by atoms with Gasteiger partial charge in [0.25, 0.3) is 5.91 Å². The van der Waals surface area contributed by atoms with Gasteiger partial charge in [0, 0.05) is 17.9 Å². The van der Waals surface area contributed by atoms with E-state index in [-0.39, 0.29) is 5.91 Å². The first-order chi connectivity index (χ1) is 11.2. The highest BCUT2D eigenvalue weighted by Crippen LogP contribution is 2.35. The maximum Gasteiger partial charge on any atom is 0.257 e. The summed E-state index contributed by atoms with van der Waals surface area (Å²) in [5.74, 6) is -0.0699. The Morgan fingerprint density at radius 2 is 1.57 bits per heavy atom. The van der Waals surface area contributed by atoms with Crippen molar-refractivity contribution in [3.05, 3.63) is 60.7 Å². The number of carbonyl (C=O) groups is 2. The molecule has 1 atom stereocenters. The SMILES string of the molecule is C[C@@]1(C(=O)N(c2ccccc2)c2ccccc2)CCCN1C=O. The predicted octanol–water partition coefficient (Wildman–Crippen LogP) is 3.36. The molecule has 0 spiro atoms. The summed E-state index contributed by atoms with van der Waals surface area (Å²) in [5, 5.41) is 0. The second-order valence-electron chi connectivity index (χ2n) is 5.99. The topological polar surface area (TPSA) is 40.6 Å². The second kappa shape index (κ2) is 6.24. The third-order valence-electron chi connectivity index (χ3n) is 4.52. The van der Waals surface area contributed by atoms with Gasteiger partial charge >= 0.3 is 0 Å². The molecule has 0 N–H and O–H groups in total. The van der Waals surface area contributed by atoms with Crippen LogP contribution in [0.25, 0.3) is 0 Å². The molecule has 0 bridgehead atoms. The van der Waals surface area contributed by atoms with E-state index in [1.807, 2.05) is 67.6 Å². The lowest BCUT2D eigenvalue weighted by Crippen LogP contribution is -2.53. The number of carbonyl (C=O) groups excluding carboxylic acids is 2. The van der Waals surface area contributed by atoms with Gasteiger partial charge in [0.2, 0.25) is 6.41 Å². The van der Waals surface area contributed by atoms with Gasteiger partial charge in [0.05, 0.1) is 0 Å². The predicted molar refractivity (Wildman–Crippen MR) is 90.4 cm³/mol. The van der Waals surface area contributed by atoms with Crippen molar-refractivity contribution in [3.8, 4) is 0 Å². The second-order valence-corrected chi connectivity index (χ2v) is 5.99. The molecule has 0 radical (unpaired) electrons. The first-order valence-corrected chi connectivity index (χ1v) is 7.83. The zero-order valence-electron chi connectivity index (χ0n) is 13.2. The highest BCUT2D eigenvalue weighted by atomic mass is 16.2. The molecule has 4 heteroatoms. The third kappa shape index (κ3) is 2.72. The molecule has 2 aromatic rings. The summed E-state index contributed by atoms with van der Waals surface area (Å²) < 4.78 is 0. The number of amides is 2. The fourth-order valence-corrected chi connectivity index (χ4v) is 3.16. The molecule has 0 aliphatic carbocycles. The number of benzene rings is 2. The summed E-state index contributed by atoms with van der Waals surface area (Å²) in [4.78, 5) is 28.1. The standard InChI is InChI=1S/C19H20N2O2/c1-19(13-8-14-20(19)15-22)18(23)21(16-9-4-2-5-10-16)17-11-6-3-7-12-17/h2-7,9-12,15H,8,13-14H2,1H3/t19-/m0/s1. The number of nitrogens with zero attached hydrogens (tertiary/aromatic N) is 2. The zero-order valence-corrected chi connectivity index (χ0v) is 13.2. The molecule has 2 amide bonds. The smallest absolute Gasteiger partial charge is 0.257 e. The van der Waals surface area contributed by atoms with Gasteiger partial charge in [-0.1, -0.05) is 36.4 Å². The van der Waals surface area contributed by atoms with Gasteiger partial charge in [-0.25, -0.2) is 0 Å². The first kappa shape index (κ1) is 15.3. The maximum atomic E-state index is 13.4. The van der Waals surface area contributed by atoms with Gasteiger partial charge in [0.15, 0.2) is 0 Å². The van der Waals surface area contributed by atoms with Crippen LogP contribution in [-0.2, 0) is 9.59 Å². The van der Waals surface area contributed by atoms with Crippen LogP contribution in [0.2, 0.25) is 0 Å². The largest absolute Gasteiger partial charge is 0.331 e. The van der Waals surface area contributed by atoms with Crippen molar-refractivity contribution in [2.45, 2.75) is 25.3 Å². The van der Waals surface area contributed by atoms with Crippen molar-refractivity contribution in [2.24, 2.45) is 0 Å². The Balaban J connectivity index is 2.06. The molecular weight excluding hydrogens is 288 g/mol. The molecule has 2 aromatic carbocycles. The summed E-state index contributed by atoms with van der Waals surface area (Å²) in [5.41, 5.74) is 0.818. The number of hydrogen-bond acceptors (Lipinski definition) is 2. The van der Waals surface area contributed by atoms with Gasteiger partial charge in [-0.2, -0.15) is 0 Å². The molecule has 1 saturated heterocycles. The number of likely N-dealkylation sites (tertiary alicyclic amines) is 1. The molecular formula is C19H20N2O2. The molecule has 0 aromatic heterocycles. The lowest BCUT2D eigenvalue weighted by molar-refractivity contribution is -0.134. The van der Waals surface area contributed by atoms with E-state index in [1.165, 1.54) is 0 Å². The number of rotatable bonds is 4. The quantitative estimate of drug-likeness (QED) is 0.813. The Kier molecular flexibility index (Phi) is 4.15. The van der Waals surface area contributed by atoms with Crippen LogP contribution in [0, 0.1) is 0 Å². The molecule has 118 valence electrons. The minimum absolute atomic E-state index is 0.0699. The maximum absolute atomic E-state index is 13.4. The van der Waals surface area contributed by atoms with Crippen molar-refractivity contribution in [2.75, 3.05) is 11.4 Å². The lowest BCUT2D eigenvalue weighted by Gasteiger charge is -2.36. The molecule has 3 rings (SSSR count). The Hall–Kier alpha value is -2.62. The molecule has 1 heterocycles. The Morgan fingerprint density at radius 1 is 1.04 bits per heavy atom. The van der Waals surface area contributed by atoms with E-state index < -0.39 is 5.54 Å². The van der Waals surface area contributed by atoms with E-state index in [1.54, 1.807) is 9.80 Å². The molecule has 1 fully saturated rings. The van der Waals surface area contributed by atoms with Crippen LogP contribution in [0.15, 0.2) is 60.7 Å². The van der Waals surface area contributed by atoms with Gasteiger partial charge in [-0.15, -0.1) is 0 Å². The Bertz CT molecular complexity index is 648. The van der Waals surface area contributed by atoms with Crippen molar-refractivity contribution in [3.63, 3.8) is 0 Å². The van der Waals surface area contributed by atoms with Gasteiger partial charge < -0.3 is 4.90 Å². The Morgan fingerprint density at radius 3 is 2.04 bits per heavy atom. The Labute approximate surface area is 136 Å². The van der Waals surface area contributed by atoms with Gasteiger partial charge in [-0.05, 0) is 44.0 Å². The van der Waals surface area contributed by atoms with Crippen molar-refractivity contribution in [1.29, 1.82) is 0 Å². The average Bonchev–Trinajstić information content (AvgIpc) is 2.99. The van der Waals surface area contributed by atoms with E-state index in [2.05, 4.69) is 0 Å². The number of hydrogen-bond donors (Lipinski definition) is 0. The molecule has 1 aliphatic heterocycles. The highest BCUT2D eigenvalue weighted by molar-refractivity contribution is 6.06. The summed E-state index contributed by atoms with van der Waals surface area (Å²) in [6.45, 7) is 2.48. The van der Waals surface area contributed by atoms with Crippen LogP contribution < -0.4 is 4.90 Å². The lowest BCUT2D eigenvalue weighted by atomic mass is 9.96. The van der Waals surface area contributed by atoms with Gasteiger partial charge in [-0.3, -0.25) is 14.5 Å². The van der Waals surface area contributed by atoms with Crippen LogP contribution in [0.3, 0.4) is 0 Å². The van der Waals surface area contributed by atoms with E-state index in [0.29, 0.717) is 13.0 Å². The van der Waals surface area contributed by atoms with Crippen molar-refractivity contribution in [1.82, 2.24) is 4.90 Å². The van der Waals surface area contributed by atoms with E-state index in [4.69, 9.17) is 0 Å². The van der Waals surface area contributed by atoms with Crippen molar-refractivity contribution < 1.29 is 9.59 Å². The van der Waals surface area contributed by atoms with Crippen LogP contribution >= 0.6 is 0 Å². The van der Waals surface area contributed by atoms with Gasteiger partial charge in [0.1, 0.15) is 5.54 Å². The summed E-state index contributed by atoms with van der Waals surface area (Å²) in [7, 11) is 0. The normalized spacial score (nSPS) is 20.3. The third-order valence-corrected chi connectivity index (χ3v) is 4.52. The van der Waals surface area contributed by atoms with Crippen LogP contribution in [-0.4, -0.2) is 29.3 Å². The monoisotopic (exact) mass is 308 g/mol. The van der Waals surface area contributed by atoms with E-state index in [0.717, 1.165) is 24.2 Å². The summed E-state index contributed by atoms with van der Waals surface area (Å²) in [6, 6.07) is 19.1. The molecule has 1 aliphatic rings. The summed E-state index contributed by atoms with van der Waals surface area (Å²) >= 11 is 0. The van der Waals surface area contributed by atoms with E-state index in [9.17, 15) is 9.59 Å². The number of para-hydroxylation sites is 2. The van der Waals surface area contributed by atoms with Crippen LogP contribution in [0.5, 0.6) is 0 Å².